The summed E-state index contributed by atoms with van der Waals surface area (Å²) in [5.74, 6) is 0.586. The van der Waals surface area contributed by atoms with Crippen molar-refractivity contribution in [3.63, 3.8) is 0 Å². The molecule has 0 atom stereocenters. The maximum absolute atomic E-state index is 12.8. The third kappa shape index (κ3) is 3.84. The fraction of sp³-hybridized carbons (Fsp3) is 0.261. The minimum absolute atomic E-state index is 0.0578. The lowest BCUT2D eigenvalue weighted by molar-refractivity contribution is 0.0903. The molecular weight excluding hydrogens is 378 g/mol. The first-order valence-corrected chi connectivity index (χ1v) is 10.2. The Morgan fingerprint density at radius 3 is 2.93 bits per heavy atom. The van der Waals surface area contributed by atoms with E-state index in [2.05, 4.69) is 26.3 Å². The molecule has 1 saturated heterocycles. The van der Waals surface area contributed by atoms with Crippen LogP contribution in [-0.2, 0) is 11.3 Å². The second-order valence-corrected chi connectivity index (χ2v) is 7.53. The molecule has 7 nitrogen and oxygen atoms in total. The SMILES string of the molecule is O=c1cc(-c2ccnc(NC3CCOCC3)n2)ccn1Cc1cccc2[nH]ccc12. The molecule has 3 aromatic heterocycles. The van der Waals surface area contributed by atoms with Gasteiger partial charge in [-0.05, 0) is 42.7 Å². The summed E-state index contributed by atoms with van der Waals surface area (Å²) < 4.78 is 7.11. The van der Waals surface area contributed by atoms with Gasteiger partial charge in [0.15, 0.2) is 0 Å². The van der Waals surface area contributed by atoms with Crippen molar-refractivity contribution in [1.82, 2.24) is 19.5 Å². The van der Waals surface area contributed by atoms with Gasteiger partial charge in [0, 0.05) is 60.4 Å². The van der Waals surface area contributed by atoms with Gasteiger partial charge in [-0.2, -0.15) is 0 Å². The van der Waals surface area contributed by atoms with E-state index < -0.39 is 0 Å². The van der Waals surface area contributed by atoms with Crippen LogP contribution in [0.15, 0.2) is 65.8 Å². The number of pyridine rings is 1. The fourth-order valence-electron chi connectivity index (χ4n) is 3.88. The largest absolute Gasteiger partial charge is 0.381 e. The molecule has 0 saturated carbocycles. The smallest absolute Gasteiger partial charge is 0.251 e. The molecule has 1 aromatic carbocycles. The Kier molecular flexibility index (Phi) is 5.03. The van der Waals surface area contributed by atoms with Crippen molar-refractivity contribution in [2.75, 3.05) is 18.5 Å². The van der Waals surface area contributed by atoms with Gasteiger partial charge in [-0.1, -0.05) is 12.1 Å². The summed E-state index contributed by atoms with van der Waals surface area (Å²) in [5.41, 5.74) is 3.64. The summed E-state index contributed by atoms with van der Waals surface area (Å²) in [6, 6.07) is 13.8. The number of benzene rings is 1. The van der Waals surface area contributed by atoms with Crippen LogP contribution in [0.2, 0.25) is 0 Å². The number of hydrogen-bond donors (Lipinski definition) is 2. The molecule has 30 heavy (non-hydrogen) atoms. The summed E-state index contributed by atoms with van der Waals surface area (Å²) >= 11 is 0. The quantitative estimate of drug-likeness (QED) is 0.535. The van der Waals surface area contributed by atoms with Crippen LogP contribution in [0, 0.1) is 0 Å². The van der Waals surface area contributed by atoms with Crippen molar-refractivity contribution in [2.24, 2.45) is 0 Å². The van der Waals surface area contributed by atoms with E-state index in [0.29, 0.717) is 18.5 Å². The molecule has 4 heterocycles. The fourth-order valence-corrected chi connectivity index (χ4v) is 3.88. The molecule has 4 aromatic rings. The summed E-state index contributed by atoms with van der Waals surface area (Å²) in [7, 11) is 0. The van der Waals surface area contributed by atoms with Crippen LogP contribution in [0.5, 0.6) is 0 Å². The van der Waals surface area contributed by atoms with Crippen LogP contribution in [0.4, 0.5) is 5.95 Å². The maximum atomic E-state index is 12.8. The first kappa shape index (κ1) is 18.6. The van der Waals surface area contributed by atoms with E-state index in [-0.39, 0.29) is 5.56 Å². The van der Waals surface area contributed by atoms with Crippen LogP contribution < -0.4 is 10.9 Å². The molecule has 0 bridgehead atoms. The van der Waals surface area contributed by atoms with E-state index in [1.807, 2.05) is 42.7 Å². The van der Waals surface area contributed by atoms with Gasteiger partial charge in [0.2, 0.25) is 5.95 Å². The Morgan fingerprint density at radius 1 is 1.17 bits per heavy atom. The predicted molar refractivity (Wildman–Crippen MR) is 117 cm³/mol. The minimum Gasteiger partial charge on any atom is -0.381 e. The standard InChI is InChI=1S/C23H23N5O2/c29-22-14-16(20-5-10-25-23(27-20)26-18-7-12-30-13-8-18)6-11-28(22)15-17-2-1-3-21-19(17)4-9-24-21/h1-6,9-11,14,18,24H,7-8,12-13,15H2,(H,25,26,27). The molecule has 1 aliphatic rings. The highest BCUT2D eigenvalue weighted by molar-refractivity contribution is 5.82. The molecule has 0 spiro atoms. The summed E-state index contributed by atoms with van der Waals surface area (Å²) in [6.07, 6.45) is 7.36. The molecule has 0 amide bonds. The van der Waals surface area contributed by atoms with Crippen LogP contribution in [0.25, 0.3) is 22.2 Å². The number of fused-ring (bicyclic) bond motifs is 1. The molecule has 0 unspecified atom stereocenters. The zero-order valence-corrected chi connectivity index (χ0v) is 16.5. The Morgan fingerprint density at radius 2 is 2.07 bits per heavy atom. The Hall–Kier alpha value is -3.45. The summed E-state index contributed by atoms with van der Waals surface area (Å²) in [5, 5.41) is 4.51. The number of aromatic amines is 1. The number of nitrogens with one attached hydrogen (secondary N) is 2. The van der Waals surface area contributed by atoms with Gasteiger partial charge in [-0.15, -0.1) is 0 Å². The average Bonchev–Trinajstić information content (AvgIpc) is 3.26. The van der Waals surface area contributed by atoms with E-state index in [1.54, 1.807) is 16.8 Å². The summed E-state index contributed by atoms with van der Waals surface area (Å²) in [4.78, 5) is 24.9. The van der Waals surface area contributed by atoms with Crippen molar-refractivity contribution in [1.29, 1.82) is 0 Å². The van der Waals surface area contributed by atoms with Crippen LogP contribution in [-0.4, -0.2) is 38.8 Å². The minimum atomic E-state index is -0.0578. The van der Waals surface area contributed by atoms with Gasteiger partial charge in [-0.25, -0.2) is 9.97 Å². The van der Waals surface area contributed by atoms with Crippen molar-refractivity contribution in [3.8, 4) is 11.3 Å². The lowest BCUT2D eigenvalue weighted by Crippen LogP contribution is -2.28. The Bertz CT molecular complexity index is 1220. The predicted octanol–water partition coefficient (Wildman–Crippen LogP) is 3.43. The van der Waals surface area contributed by atoms with E-state index >= 15 is 0 Å². The molecule has 7 heteroatoms. The molecule has 1 aliphatic heterocycles. The van der Waals surface area contributed by atoms with Gasteiger partial charge in [0.05, 0.1) is 12.2 Å². The number of nitrogens with zero attached hydrogens (tertiary/aromatic N) is 3. The van der Waals surface area contributed by atoms with Gasteiger partial charge in [-0.3, -0.25) is 4.79 Å². The molecule has 0 radical (unpaired) electrons. The zero-order valence-electron chi connectivity index (χ0n) is 16.5. The van der Waals surface area contributed by atoms with E-state index in [1.165, 1.54) is 0 Å². The van der Waals surface area contributed by atoms with Gasteiger partial charge in [0.1, 0.15) is 0 Å². The lowest BCUT2D eigenvalue weighted by atomic mass is 10.1. The topological polar surface area (TPSA) is 84.8 Å². The van der Waals surface area contributed by atoms with Crippen molar-refractivity contribution in [3.05, 3.63) is 77.0 Å². The van der Waals surface area contributed by atoms with Crippen molar-refractivity contribution < 1.29 is 4.74 Å². The third-order valence-electron chi connectivity index (χ3n) is 5.53. The molecule has 2 N–H and O–H groups in total. The zero-order chi connectivity index (χ0) is 20.3. The highest BCUT2D eigenvalue weighted by atomic mass is 16.5. The molecule has 1 fully saturated rings. The number of H-pyrrole nitrogens is 1. The maximum Gasteiger partial charge on any atom is 0.251 e. The number of rotatable bonds is 5. The number of hydrogen-bond acceptors (Lipinski definition) is 5. The van der Waals surface area contributed by atoms with Crippen molar-refractivity contribution in [2.45, 2.75) is 25.4 Å². The Labute approximate surface area is 173 Å². The Balaban J connectivity index is 1.37. The molecular formula is C23H23N5O2. The lowest BCUT2D eigenvalue weighted by Gasteiger charge is -2.23. The molecule has 0 aliphatic carbocycles. The normalized spacial score (nSPS) is 14.8. The third-order valence-corrected chi connectivity index (χ3v) is 5.53. The van der Waals surface area contributed by atoms with Crippen molar-refractivity contribution >= 4 is 16.9 Å². The highest BCUT2D eigenvalue weighted by Crippen LogP contribution is 2.20. The monoisotopic (exact) mass is 401 g/mol. The van der Waals surface area contributed by atoms with Gasteiger partial charge < -0.3 is 19.6 Å². The van der Waals surface area contributed by atoms with E-state index in [9.17, 15) is 4.79 Å². The summed E-state index contributed by atoms with van der Waals surface area (Å²) in [6.45, 7) is 2.03. The van der Waals surface area contributed by atoms with Crippen LogP contribution >= 0.6 is 0 Å². The number of ether oxygens (including phenoxy) is 1. The van der Waals surface area contributed by atoms with Crippen LogP contribution in [0.3, 0.4) is 0 Å². The van der Waals surface area contributed by atoms with Gasteiger partial charge in [0.25, 0.3) is 5.56 Å². The highest BCUT2D eigenvalue weighted by Gasteiger charge is 2.15. The average molecular weight is 401 g/mol. The van der Waals surface area contributed by atoms with Gasteiger partial charge >= 0.3 is 0 Å². The van der Waals surface area contributed by atoms with Crippen LogP contribution in [0.1, 0.15) is 18.4 Å². The number of anilines is 1. The second kappa shape index (κ2) is 8.12. The molecule has 5 rings (SSSR count). The molecule has 152 valence electrons. The number of aromatic nitrogens is 4. The first-order chi connectivity index (χ1) is 14.8. The van der Waals surface area contributed by atoms with E-state index in [4.69, 9.17) is 4.74 Å². The second-order valence-electron chi connectivity index (χ2n) is 7.53. The van der Waals surface area contributed by atoms with E-state index in [0.717, 1.165) is 53.8 Å². The first-order valence-electron chi connectivity index (χ1n) is 10.2.